The highest BCUT2D eigenvalue weighted by molar-refractivity contribution is 5.48. The maximum Gasteiger partial charge on any atom is 0.231 e. The van der Waals surface area contributed by atoms with E-state index in [2.05, 4.69) is 35.6 Å². The van der Waals surface area contributed by atoms with Crippen LogP contribution in [0.1, 0.15) is 35.4 Å². The zero-order valence-corrected chi connectivity index (χ0v) is 12.0. The number of hydrogen-bond acceptors (Lipinski definition) is 3. The number of rotatable bonds is 5. The lowest BCUT2D eigenvalue weighted by Gasteiger charge is -2.09. The number of benzene rings is 2. The lowest BCUT2D eigenvalue weighted by Crippen LogP contribution is -2.13. The molecule has 0 atom stereocenters. The molecule has 21 heavy (non-hydrogen) atoms. The highest BCUT2D eigenvalue weighted by Gasteiger charge is 2.23. The van der Waals surface area contributed by atoms with Crippen LogP contribution in [0.2, 0.25) is 0 Å². The summed E-state index contributed by atoms with van der Waals surface area (Å²) in [5, 5.41) is 3.50. The van der Waals surface area contributed by atoms with Crippen LogP contribution < -0.4 is 14.8 Å². The van der Waals surface area contributed by atoms with Crippen molar-refractivity contribution in [2.24, 2.45) is 0 Å². The molecule has 1 aliphatic heterocycles. The highest BCUT2D eigenvalue weighted by Crippen LogP contribution is 2.40. The zero-order chi connectivity index (χ0) is 14.1. The summed E-state index contributed by atoms with van der Waals surface area (Å²) in [4.78, 5) is 0. The molecule has 0 aromatic heterocycles. The van der Waals surface area contributed by atoms with Gasteiger partial charge in [0, 0.05) is 18.7 Å². The second kappa shape index (κ2) is 5.41. The van der Waals surface area contributed by atoms with Gasteiger partial charge in [-0.15, -0.1) is 0 Å². The molecule has 2 aromatic carbocycles. The average molecular weight is 281 g/mol. The van der Waals surface area contributed by atoms with E-state index in [1.165, 1.54) is 24.0 Å². The molecule has 108 valence electrons. The van der Waals surface area contributed by atoms with Crippen LogP contribution in [0.4, 0.5) is 0 Å². The molecule has 1 aliphatic carbocycles. The summed E-state index contributed by atoms with van der Waals surface area (Å²) in [5.74, 6) is 2.55. The fourth-order valence-electron chi connectivity index (χ4n) is 2.85. The summed E-state index contributed by atoms with van der Waals surface area (Å²) in [5.41, 5.74) is 4.00. The standard InChI is InChI=1S/C18H19NO2/c1-3-13(9-15(4-1)14-7-8-14)10-19-11-16-5-2-6-17-18(16)21-12-20-17/h1-6,9,14,19H,7-8,10-12H2. The van der Waals surface area contributed by atoms with Gasteiger partial charge in [-0.2, -0.15) is 0 Å². The maximum atomic E-state index is 5.53. The lowest BCUT2D eigenvalue weighted by molar-refractivity contribution is 0.173. The van der Waals surface area contributed by atoms with Crippen LogP contribution in [-0.4, -0.2) is 6.79 Å². The Hall–Kier alpha value is -2.00. The molecule has 0 radical (unpaired) electrons. The predicted octanol–water partition coefficient (Wildman–Crippen LogP) is 3.58. The van der Waals surface area contributed by atoms with Crippen molar-refractivity contribution in [1.82, 2.24) is 5.32 Å². The molecule has 0 saturated heterocycles. The third kappa shape index (κ3) is 2.74. The van der Waals surface area contributed by atoms with Crippen LogP contribution in [0.5, 0.6) is 11.5 Å². The van der Waals surface area contributed by atoms with Gasteiger partial charge in [0.15, 0.2) is 11.5 Å². The van der Waals surface area contributed by atoms with E-state index < -0.39 is 0 Å². The van der Waals surface area contributed by atoms with E-state index in [9.17, 15) is 0 Å². The van der Waals surface area contributed by atoms with Crippen LogP contribution in [0.15, 0.2) is 42.5 Å². The molecule has 0 unspecified atom stereocenters. The smallest absolute Gasteiger partial charge is 0.231 e. The first-order chi connectivity index (χ1) is 10.4. The molecule has 1 fully saturated rings. The summed E-state index contributed by atoms with van der Waals surface area (Å²) in [6, 6.07) is 15.0. The first-order valence-corrected chi connectivity index (χ1v) is 7.57. The first-order valence-electron chi connectivity index (χ1n) is 7.57. The minimum Gasteiger partial charge on any atom is -0.454 e. The third-order valence-electron chi connectivity index (χ3n) is 4.12. The van der Waals surface area contributed by atoms with Gasteiger partial charge in [0.25, 0.3) is 0 Å². The highest BCUT2D eigenvalue weighted by atomic mass is 16.7. The minimum absolute atomic E-state index is 0.329. The molecule has 0 amide bonds. The van der Waals surface area contributed by atoms with Gasteiger partial charge >= 0.3 is 0 Å². The molecule has 0 spiro atoms. The van der Waals surface area contributed by atoms with Crippen molar-refractivity contribution in [1.29, 1.82) is 0 Å². The van der Waals surface area contributed by atoms with Crippen molar-refractivity contribution in [2.45, 2.75) is 31.8 Å². The summed E-state index contributed by atoms with van der Waals surface area (Å²) in [6.45, 7) is 2.00. The van der Waals surface area contributed by atoms with Crippen molar-refractivity contribution in [2.75, 3.05) is 6.79 Å². The number of nitrogens with one attached hydrogen (secondary N) is 1. The molecule has 1 heterocycles. The summed E-state index contributed by atoms with van der Waals surface area (Å²) in [6.07, 6.45) is 2.70. The fourth-order valence-corrected chi connectivity index (χ4v) is 2.85. The Bertz CT molecular complexity index is 649. The molecular formula is C18H19NO2. The van der Waals surface area contributed by atoms with Gasteiger partial charge in [0.2, 0.25) is 6.79 Å². The molecule has 4 rings (SSSR count). The van der Waals surface area contributed by atoms with E-state index in [1.807, 2.05) is 12.1 Å². The van der Waals surface area contributed by atoms with Crippen LogP contribution in [0, 0.1) is 0 Å². The van der Waals surface area contributed by atoms with E-state index in [1.54, 1.807) is 0 Å². The average Bonchev–Trinajstić information content (AvgIpc) is 3.25. The molecule has 1 saturated carbocycles. The largest absolute Gasteiger partial charge is 0.454 e. The topological polar surface area (TPSA) is 30.5 Å². The molecule has 2 aromatic rings. The van der Waals surface area contributed by atoms with Gasteiger partial charge < -0.3 is 14.8 Å². The van der Waals surface area contributed by atoms with E-state index in [4.69, 9.17) is 9.47 Å². The Balaban J connectivity index is 1.39. The van der Waals surface area contributed by atoms with Crippen molar-refractivity contribution < 1.29 is 9.47 Å². The third-order valence-corrected chi connectivity index (χ3v) is 4.12. The van der Waals surface area contributed by atoms with Gasteiger partial charge in [0.05, 0.1) is 0 Å². The quantitative estimate of drug-likeness (QED) is 0.908. The molecule has 0 bridgehead atoms. The Morgan fingerprint density at radius 3 is 2.81 bits per heavy atom. The van der Waals surface area contributed by atoms with Crippen LogP contribution in [-0.2, 0) is 13.1 Å². The van der Waals surface area contributed by atoms with E-state index in [0.717, 1.165) is 36.1 Å². The van der Waals surface area contributed by atoms with Gasteiger partial charge in [-0.25, -0.2) is 0 Å². The number of para-hydroxylation sites is 1. The van der Waals surface area contributed by atoms with Gasteiger partial charge in [-0.3, -0.25) is 0 Å². The Morgan fingerprint density at radius 1 is 1.00 bits per heavy atom. The van der Waals surface area contributed by atoms with Gasteiger partial charge in [-0.1, -0.05) is 36.4 Å². The Morgan fingerprint density at radius 2 is 1.90 bits per heavy atom. The predicted molar refractivity (Wildman–Crippen MR) is 81.5 cm³/mol. The van der Waals surface area contributed by atoms with Crippen molar-refractivity contribution >= 4 is 0 Å². The van der Waals surface area contributed by atoms with E-state index >= 15 is 0 Å². The van der Waals surface area contributed by atoms with Gasteiger partial charge in [-0.05, 0) is 36.0 Å². The Labute approximate surface area is 124 Å². The summed E-state index contributed by atoms with van der Waals surface area (Å²) >= 11 is 0. The normalized spacial score (nSPS) is 16.2. The van der Waals surface area contributed by atoms with Crippen LogP contribution in [0.3, 0.4) is 0 Å². The van der Waals surface area contributed by atoms with Gasteiger partial charge in [0.1, 0.15) is 0 Å². The molecule has 3 nitrogen and oxygen atoms in total. The second-order valence-corrected chi connectivity index (χ2v) is 5.77. The minimum atomic E-state index is 0.329. The van der Waals surface area contributed by atoms with Crippen molar-refractivity contribution in [3.05, 3.63) is 59.2 Å². The van der Waals surface area contributed by atoms with Crippen LogP contribution in [0.25, 0.3) is 0 Å². The van der Waals surface area contributed by atoms with Crippen LogP contribution >= 0.6 is 0 Å². The van der Waals surface area contributed by atoms with E-state index in [-0.39, 0.29) is 0 Å². The molecule has 1 N–H and O–H groups in total. The maximum absolute atomic E-state index is 5.53. The Kier molecular flexibility index (Phi) is 3.28. The molecular weight excluding hydrogens is 262 g/mol. The van der Waals surface area contributed by atoms with Crippen molar-refractivity contribution in [3.8, 4) is 11.5 Å². The molecule has 3 heteroatoms. The fraction of sp³-hybridized carbons (Fsp3) is 0.333. The number of hydrogen-bond donors (Lipinski definition) is 1. The summed E-state index contributed by atoms with van der Waals surface area (Å²) < 4.78 is 10.9. The number of ether oxygens (including phenoxy) is 2. The molecule has 2 aliphatic rings. The van der Waals surface area contributed by atoms with E-state index in [0.29, 0.717) is 6.79 Å². The number of fused-ring (bicyclic) bond motifs is 1. The second-order valence-electron chi connectivity index (χ2n) is 5.77. The first kappa shape index (κ1) is 12.7. The SMILES string of the molecule is c1cc(CNCc2cccc3c2OCO3)cc(C2CC2)c1. The monoisotopic (exact) mass is 281 g/mol. The van der Waals surface area contributed by atoms with Crippen molar-refractivity contribution in [3.63, 3.8) is 0 Å². The zero-order valence-electron chi connectivity index (χ0n) is 12.0. The summed E-state index contributed by atoms with van der Waals surface area (Å²) in [7, 11) is 0. The lowest BCUT2D eigenvalue weighted by atomic mass is 10.1.